The lowest BCUT2D eigenvalue weighted by Gasteiger charge is -2.36. The Morgan fingerprint density at radius 1 is 0.839 bits per heavy atom. The molecule has 1 heterocycles. The van der Waals surface area contributed by atoms with E-state index in [2.05, 4.69) is 70.9 Å². The Bertz CT molecular complexity index is 828. The van der Waals surface area contributed by atoms with Gasteiger partial charge in [-0.3, -0.25) is 25.3 Å². The van der Waals surface area contributed by atoms with Crippen LogP contribution in [0.15, 0.2) is 54.6 Å². The molecule has 0 aromatic heterocycles. The lowest BCUT2D eigenvalue weighted by Crippen LogP contribution is -2.48. The molecule has 0 aliphatic carbocycles. The molecule has 31 heavy (non-hydrogen) atoms. The van der Waals surface area contributed by atoms with E-state index in [1.54, 1.807) is 0 Å². The van der Waals surface area contributed by atoms with Gasteiger partial charge in [0.1, 0.15) is 0 Å². The third-order valence-electron chi connectivity index (χ3n) is 5.52. The molecule has 166 valence electrons. The summed E-state index contributed by atoms with van der Waals surface area (Å²) in [6.07, 6.45) is 1.66. The van der Waals surface area contributed by atoms with Gasteiger partial charge in [0.15, 0.2) is 0 Å². The largest absolute Gasteiger partial charge is 0.369 e. The van der Waals surface area contributed by atoms with Gasteiger partial charge in [-0.15, -0.1) is 0 Å². The summed E-state index contributed by atoms with van der Waals surface area (Å²) >= 11 is 0. The summed E-state index contributed by atoms with van der Waals surface area (Å²) in [6.45, 7) is 8.85. The second-order valence-electron chi connectivity index (χ2n) is 8.60. The first kappa shape index (κ1) is 22.8. The molecular formula is C25H34N4O2. The highest BCUT2D eigenvalue weighted by Gasteiger charge is 2.17. The van der Waals surface area contributed by atoms with Crippen molar-refractivity contribution < 1.29 is 9.59 Å². The Labute approximate surface area is 185 Å². The molecule has 0 bridgehead atoms. The fourth-order valence-corrected chi connectivity index (χ4v) is 3.82. The third kappa shape index (κ3) is 7.72. The van der Waals surface area contributed by atoms with Crippen molar-refractivity contribution >= 4 is 17.5 Å². The number of hydrogen-bond donors (Lipinski definition) is 2. The van der Waals surface area contributed by atoms with Crippen LogP contribution < -0.4 is 15.8 Å². The van der Waals surface area contributed by atoms with Crippen LogP contribution in [0.3, 0.4) is 0 Å². The summed E-state index contributed by atoms with van der Waals surface area (Å²) in [7, 11) is 0. The summed E-state index contributed by atoms with van der Waals surface area (Å²) < 4.78 is 0. The number of rotatable bonds is 8. The average molecular weight is 423 g/mol. The van der Waals surface area contributed by atoms with Crippen LogP contribution in [0.2, 0.25) is 0 Å². The number of carbonyl (C=O) groups is 2. The molecule has 2 aromatic carbocycles. The van der Waals surface area contributed by atoms with Crippen LogP contribution in [0.1, 0.15) is 31.4 Å². The zero-order valence-electron chi connectivity index (χ0n) is 18.6. The van der Waals surface area contributed by atoms with E-state index in [-0.39, 0.29) is 18.2 Å². The monoisotopic (exact) mass is 422 g/mol. The number of hydrogen-bond acceptors (Lipinski definition) is 4. The Morgan fingerprint density at radius 3 is 2.10 bits per heavy atom. The molecule has 2 aromatic rings. The maximum Gasteiger partial charge on any atom is 0.242 e. The Kier molecular flexibility index (Phi) is 8.47. The number of piperazine rings is 1. The van der Waals surface area contributed by atoms with E-state index in [1.165, 1.54) is 11.3 Å². The van der Waals surface area contributed by atoms with Gasteiger partial charge in [0.25, 0.3) is 0 Å². The summed E-state index contributed by atoms with van der Waals surface area (Å²) in [5.41, 5.74) is 8.53. The molecule has 0 atom stereocenters. The minimum Gasteiger partial charge on any atom is -0.369 e. The van der Waals surface area contributed by atoms with E-state index in [9.17, 15) is 9.59 Å². The van der Waals surface area contributed by atoms with E-state index in [1.807, 2.05) is 18.2 Å². The minimum absolute atomic E-state index is 0.161. The second-order valence-corrected chi connectivity index (χ2v) is 8.60. The molecule has 2 N–H and O–H groups in total. The van der Waals surface area contributed by atoms with Gasteiger partial charge in [-0.1, -0.05) is 56.3 Å². The summed E-state index contributed by atoms with van der Waals surface area (Å²) in [4.78, 5) is 28.9. The predicted octanol–water partition coefficient (Wildman–Crippen LogP) is 2.79. The quantitative estimate of drug-likeness (QED) is 0.642. The molecular weight excluding hydrogens is 388 g/mol. The lowest BCUT2D eigenvalue weighted by atomic mass is 10.0. The van der Waals surface area contributed by atoms with Crippen molar-refractivity contribution in [2.24, 2.45) is 5.92 Å². The highest BCUT2D eigenvalue weighted by atomic mass is 16.2. The maximum atomic E-state index is 12.1. The van der Waals surface area contributed by atoms with Gasteiger partial charge in [0.05, 0.1) is 6.42 Å². The summed E-state index contributed by atoms with van der Waals surface area (Å²) in [6, 6.07) is 18.5. The van der Waals surface area contributed by atoms with Crippen LogP contribution in [-0.4, -0.2) is 49.4 Å². The Balaban J connectivity index is 1.31. The van der Waals surface area contributed by atoms with Crippen LogP contribution in [-0.2, 0) is 22.4 Å². The molecule has 1 aliphatic rings. The minimum atomic E-state index is -0.207. The van der Waals surface area contributed by atoms with Crippen molar-refractivity contribution in [3.63, 3.8) is 0 Å². The van der Waals surface area contributed by atoms with Crippen LogP contribution in [0.4, 0.5) is 5.69 Å². The predicted molar refractivity (Wildman–Crippen MR) is 125 cm³/mol. The third-order valence-corrected chi connectivity index (χ3v) is 5.52. The van der Waals surface area contributed by atoms with E-state index >= 15 is 0 Å². The van der Waals surface area contributed by atoms with E-state index in [0.717, 1.165) is 38.2 Å². The fourth-order valence-electron chi connectivity index (χ4n) is 3.82. The van der Waals surface area contributed by atoms with Crippen molar-refractivity contribution in [2.45, 2.75) is 33.1 Å². The SMILES string of the molecule is CC(C)Cc1ccc(CC(=O)NNC(=O)CCN2CCN(c3ccccc3)CC2)cc1. The second kappa shape index (κ2) is 11.5. The average Bonchev–Trinajstić information content (AvgIpc) is 2.78. The van der Waals surface area contributed by atoms with Crippen molar-refractivity contribution in [1.29, 1.82) is 0 Å². The van der Waals surface area contributed by atoms with Crippen LogP contribution in [0, 0.1) is 5.92 Å². The lowest BCUT2D eigenvalue weighted by molar-refractivity contribution is -0.128. The standard InChI is InChI=1S/C25H34N4O2/c1-20(2)18-21-8-10-22(11-9-21)19-25(31)27-26-24(30)12-13-28-14-16-29(17-15-28)23-6-4-3-5-7-23/h3-11,20H,12-19H2,1-2H3,(H,26,30)(H,27,31). The molecule has 0 spiro atoms. The molecule has 0 unspecified atom stereocenters. The molecule has 1 fully saturated rings. The number of benzene rings is 2. The normalized spacial score (nSPS) is 14.5. The zero-order valence-corrected chi connectivity index (χ0v) is 18.6. The Morgan fingerprint density at radius 2 is 1.45 bits per heavy atom. The number of nitrogens with zero attached hydrogens (tertiary/aromatic N) is 2. The van der Waals surface area contributed by atoms with Gasteiger partial charge in [0.2, 0.25) is 11.8 Å². The van der Waals surface area contributed by atoms with Gasteiger partial charge >= 0.3 is 0 Å². The molecule has 1 aliphatic heterocycles. The zero-order chi connectivity index (χ0) is 22.1. The Hall–Kier alpha value is -2.86. The molecule has 1 saturated heterocycles. The van der Waals surface area contributed by atoms with Gasteiger partial charge < -0.3 is 4.90 Å². The summed E-state index contributed by atoms with van der Waals surface area (Å²) in [5.74, 6) is 0.240. The molecule has 0 radical (unpaired) electrons. The maximum absolute atomic E-state index is 12.1. The number of anilines is 1. The molecule has 0 saturated carbocycles. The molecule has 6 heteroatoms. The van der Waals surface area contributed by atoms with E-state index in [0.29, 0.717) is 18.9 Å². The van der Waals surface area contributed by atoms with Gasteiger partial charge in [0, 0.05) is 44.8 Å². The highest BCUT2D eigenvalue weighted by molar-refractivity contribution is 5.83. The number of amides is 2. The first-order valence-corrected chi connectivity index (χ1v) is 11.2. The first-order valence-electron chi connectivity index (χ1n) is 11.2. The topological polar surface area (TPSA) is 64.7 Å². The fraction of sp³-hybridized carbons (Fsp3) is 0.440. The van der Waals surface area contributed by atoms with Crippen LogP contribution in [0.5, 0.6) is 0 Å². The highest BCUT2D eigenvalue weighted by Crippen LogP contribution is 2.15. The van der Waals surface area contributed by atoms with Crippen molar-refractivity contribution in [1.82, 2.24) is 15.8 Å². The van der Waals surface area contributed by atoms with Crippen molar-refractivity contribution in [3.05, 3.63) is 65.7 Å². The number of carbonyl (C=O) groups excluding carboxylic acids is 2. The van der Waals surface area contributed by atoms with Gasteiger partial charge in [-0.25, -0.2) is 0 Å². The van der Waals surface area contributed by atoms with E-state index in [4.69, 9.17) is 0 Å². The molecule has 2 amide bonds. The van der Waals surface area contributed by atoms with Crippen LogP contribution >= 0.6 is 0 Å². The van der Waals surface area contributed by atoms with Crippen molar-refractivity contribution in [2.75, 3.05) is 37.6 Å². The number of hydrazine groups is 1. The molecule has 3 rings (SSSR count). The number of nitrogens with one attached hydrogen (secondary N) is 2. The number of para-hydroxylation sites is 1. The van der Waals surface area contributed by atoms with Gasteiger partial charge in [-0.05, 0) is 35.6 Å². The van der Waals surface area contributed by atoms with Gasteiger partial charge in [-0.2, -0.15) is 0 Å². The smallest absolute Gasteiger partial charge is 0.242 e. The van der Waals surface area contributed by atoms with Crippen molar-refractivity contribution in [3.8, 4) is 0 Å². The molecule has 6 nitrogen and oxygen atoms in total. The van der Waals surface area contributed by atoms with Crippen LogP contribution in [0.25, 0.3) is 0 Å². The van der Waals surface area contributed by atoms with E-state index < -0.39 is 0 Å². The first-order chi connectivity index (χ1) is 15.0. The summed E-state index contributed by atoms with van der Waals surface area (Å²) in [5, 5.41) is 0.